The number of halogens is 1. The van der Waals surface area contributed by atoms with Gasteiger partial charge in [0.2, 0.25) is 0 Å². The van der Waals surface area contributed by atoms with Gasteiger partial charge in [-0.05, 0) is 41.1 Å². The van der Waals surface area contributed by atoms with Gasteiger partial charge in [0, 0.05) is 5.69 Å². The summed E-state index contributed by atoms with van der Waals surface area (Å²) in [5, 5.41) is 12.6. The molecular formula is C12H11BrN2O3S. The van der Waals surface area contributed by atoms with E-state index in [2.05, 4.69) is 26.2 Å². The number of benzene rings is 1. The number of nitrogens with one attached hydrogen (secondary N) is 1. The number of methoxy groups -OCH3 is 1. The lowest BCUT2D eigenvalue weighted by atomic mass is 10.3. The molecule has 2 rings (SSSR count). The molecule has 0 fully saturated rings. The molecule has 0 bridgehead atoms. The molecule has 0 aliphatic rings. The molecule has 7 heteroatoms. The van der Waals surface area contributed by atoms with Gasteiger partial charge in [0.1, 0.15) is 10.6 Å². The van der Waals surface area contributed by atoms with Gasteiger partial charge in [0.15, 0.2) is 5.13 Å². The Morgan fingerprint density at radius 1 is 1.53 bits per heavy atom. The van der Waals surface area contributed by atoms with Crippen molar-refractivity contribution in [2.24, 2.45) is 0 Å². The van der Waals surface area contributed by atoms with Crippen molar-refractivity contribution >= 4 is 44.1 Å². The first-order valence-corrected chi connectivity index (χ1v) is 6.93. The highest BCUT2D eigenvalue weighted by Gasteiger charge is 2.14. The van der Waals surface area contributed by atoms with E-state index in [1.54, 1.807) is 14.0 Å². The monoisotopic (exact) mass is 342 g/mol. The summed E-state index contributed by atoms with van der Waals surface area (Å²) >= 11 is 4.50. The van der Waals surface area contributed by atoms with E-state index in [0.717, 1.165) is 27.2 Å². The molecule has 0 saturated heterocycles. The molecule has 1 heterocycles. The predicted octanol–water partition coefficient (Wildman–Crippen LogP) is 3.66. The van der Waals surface area contributed by atoms with E-state index in [1.807, 2.05) is 18.2 Å². The lowest BCUT2D eigenvalue weighted by Crippen LogP contribution is -1.94. The molecular weight excluding hydrogens is 332 g/mol. The number of carboxylic acid groups (broad SMARTS) is 1. The molecule has 0 spiro atoms. The fourth-order valence-electron chi connectivity index (χ4n) is 1.52. The number of thiazole rings is 1. The zero-order valence-electron chi connectivity index (χ0n) is 10.2. The van der Waals surface area contributed by atoms with Crippen LogP contribution in [-0.2, 0) is 0 Å². The Hall–Kier alpha value is -1.60. The number of aryl methyl sites for hydroxylation is 1. The van der Waals surface area contributed by atoms with Crippen LogP contribution in [0.25, 0.3) is 0 Å². The normalized spacial score (nSPS) is 10.3. The van der Waals surface area contributed by atoms with Crippen molar-refractivity contribution in [1.82, 2.24) is 4.98 Å². The number of aromatic nitrogens is 1. The van der Waals surface area contributed by atoms with E-state index < -0.39 is 5.97 Å². The highest BCUT2D eigenvalue weighted by atomic mass is 79.9. The lowest BCUT2D eigenvalue weighted by molar-refractivity contribution is 0.0701. The number of hydrogen-bond acceptors (Lipinski definition) is 5. The number of carbonyl (C=O) groups is 1. The third-order valence-corrected chi connectivity index (χ3v) is 4.07. The summed E-state index contributed by atoms with van der Waals surface area (Å²) in [5.41, 5.74) is 1.31. The standard InChI is InChI=1S/C12H11BrN2O3S/c1-6-10(11(16)17)19-12(14-6)15-7-3-4-9(18-2)8(13)5-7/h3-5H,1-2H3,(H,14,15)(H,16,17). The van der Waals surface area contributed by atoms with Crippen molar-refractivity contribution in [2.45, 2.75) is 6.92 Å². The second-order valence-corrected chi connectivity index (χ2v) is 5.57. The maximum absolute atomic E-state index is 10.9. The molecule has 2 N–H and O–H groups in total. The first-order valence-electron chi connectivity index (χ1n) is 5.32. The summed E-state index contributed by atoms with van der Waals surface area (Å²) < 4.78 is 5.95. The number of anilines is 2. The lowest BCUT2D eigenvalue weighted by Gasteiger charge is -2.06. The van der Waals surface area contributed by atoms with Crippen molar-refractivity contribution in [3.8, 4) is 5.75 Å². The third kappa shape index (κ3) is 3.05. The van der Waals surface area contributed by atoms with Crippen LogP contribution in [0.15, 0.2) is 22.7 Å². The molecule has 0 saturated carbocycles. The summed E-state index contributed by atoms with van der Waals surface area (Å²) in [5.74, 6) is -0.231. The minimum absolute atomic E-state index is 0.245. The van der Waals surface area contributed by atoms with Crippen molar-refractivity contribution < 1.29 is 14.6 Å². The summed E-state index contributed by atoms with van der Waals surface area (Å²) in [7, 11) is 1.59. The third-order valence-electron chi connectivity index (χ3n) is 2.39. The highest BCUT2D eigenvalue weighted by molar-refractivity contribution is 9.10. The van der Waals surface area contributed by atoms with Gasteiger partial charge in [0.25, 0.3) is 0 Å². The molecule has 1 aromatic carbocycles. The van der Waals surface area contributed by atoms with E-state index >= 15 is 0 Å². The molecule has 0 unspecified atom stereocenters. The molecule has 0 aliphatic heterocycles. The maximum atomic E-state index is 10.9. The van der Waals surface area contributed by atoms with E-state index in [9.17, 15) is 4.79 Å². The molecule has 0 radical (unpaired) electrons. The predicted molar refractivity (Wildman–Crippen MR) is 77.8 cm³/mol. The van der Waals surface area contributed by atoms with Gasteiger partial charge >= 0.3 is 5.97 Å². The zero-order chi connectivity index (χ0) is 14.0. The van der Waals surface area contributed by atoms with Crippen molar-refractivity contribution in [1.29, 1.82) is 0 Å². The first-order chi connectivity index (χ1) is 9.01. The molecule has 5 nitrogen and oxygen atoms in total. The number of nitrogens with zero attached hydrogens (tertiary/aromatic N) is 1. The van der Waals surface area contributed by atoms with Gasteiger partial charge in [-0.15, -0.1) is 0 Å². The number of carboxylic acids is 1. The van der Waals surface area contributed by atoms with Crippen LogP contribution in [0.2, 0.25) is 0 Å². The Balaban J connectivity index is 2.24. The van der Waals surface area contributed by atoms with Crippen LogP contribution in [0.1, 0.15) is 15.4 Å². The molecule has 19 heavy (non-hydrogen) atoms. The largest absolute Gasteiger partial charge is 0.496 e. The van der Waals surface area contributed by atoms with Gasteiger partial charge < -0.3 is 15.2 Å². The summed E-state index contributed by atoms with van der Waals surface area (Å²) in [6, 6.07) is 5.49. The zero-order valence-corrected chi connectivity index (χ0v) is 12.6. The summed E-state index contributed by atoms with van der Waals surface area (Å²) in [4.78, 5) is 15.4. The van der Waals surface area contributed by atoms with Crippen LogP contribution < -0.4 is 10.1 Å². The average molecular weight is 343 g/mol. The van der Waals surface area contributed by atoms with Crippen LogP contribution >= 0.6 is 27.3 Å². The van der Waals surface area contributed by atoms with E-state index in [1.165, 1.54) is 0 Å². The number of ether oxygens (including phenoxy) is 1. The Morgan fingerprint density at radius 3 is 2.79 bits per heavy atom. The number of hydrogen-bond donors (Lipinski definition) is 2. The van der Waals surface area contributed by atoms with Gasteiger partial charge in [-0.1, -0.05) is 11.3 Å². The van der Waals surface area contributed by atoms with Crippen LogP contribution in [-0.4, -0.2) is 23.2 Å². The minimum Gasteiger partial charge on any atom is -0.496 e. The summed E-state index contributed by atoms with van der Waals surface area (Å²) in [6.45, 7) is 1.68. The van der Waals surface area contributed by atoms with E-state index in [0.29, 0.717) is 10.8 Å². The van der Waals surface area contributed by atoms with Crippen LogP contribution in [0.4, 0.5) is 10.8 Å². The van der Waals surface area contributed by atoms with Gasteiger partial charge in [0.05, 0.1) is 17.3 Å². The van der Waals surface area contributed by atoms with E-state index in [-0.39, 0.29) is 4.88 Å². The fourth-order valence-corrected chi connectivity index (χ4v) is 2.88. The van der Waals surface area contributed by atoms with Gasteiger partial charge in [-0.2, -0.15) is 0 Å². The number of rotatable bonds is 4. The molecule has 0 amide bonds. The fraction of sp³-hybridized carbons (Fsp3) is 0.167. The van der Waals surface area contributed by atoms with Crippen LogP contribution in [0, 0.1) is 6.92 Å². The van der Waals surface area contributed by atoms with Gasteiger partial charge in [-0.3, -0.25) is 0 Å². The average Bonchev–Trinajstić information content (AvgIpc) is 2.70. The van der Waals surface area contributed by atoms with Crippen molar-refractivity contribution in [2.75, 3.05) is 12.4 Å². The van der Waals surface area contributed by atoms with Crippen molar-refractivity contribution in [3.63, 3.8) is 0 Å². The topological polar surface area (TPSA) is 71.5 Å². The van der Waals surface area contributed by atoms with Crippen LogP contribution in [0.5, 0.6) is 5.75 Å². The Kier molecular flexibility index (Phi) is 4.06. The highest BCUT2D eigenvalue weighted by Crippen LogP contribution is 2.31. The Labute approximate surface area is 122 Å². The smallest absolute Gasteiger partial charge is 0.347 e. The Morgan fingerprint density at radius 2 is 2.26 bits per heavy atom. The number of aromatic carboxylic acids is 1. The molecule has 1 aromatic heterocycles. The minimum atomic E-state index is -0.959. The summed E-state index contributed by atoms with van der Waals surface area (Å²) in [6.07, 6.45) is 0. The molecule has 0 atom stereocenters. The maximum Gasteiger partial charge on any atom is 0.347 e. The molecule has 100 valence electrons. The second kappa shape index (κ2) is 5.58. The van der Waals surface area contributed by atoms with Crippen molar-refractivity contribution in [3.05, 3.63) is 33.2 Å². The SMILES string of the molecule is COc1ccc(Nc2nc(C)c(C(=O)O)s2)cc1Br. The van der Waals surface area contributed by atoms with Crippen LogP contribution in [0.3, 0.4) is 0 Å². The van der Waals surface area contributed by atoms with E-state index in [4.69, 9.17) is 9.84 Å². The quantitative estimate of drug-likeness (QED) is 0.886. The van der Waals surface area contributed by atoms with Gasteiger partial charge in [-0.25, -0.2) is 9.78 Å². The molecule has 0 aliphatic carbocycles. The Bertz CT molecular complexity index is 627. The molecule has 2 aromatic rings. The first kappa shape index (κ1) is 13.8. The second-order valence-electron chi connectivity index (χ2n) is 3.71.